The molecule has 0 fully saturated rings. The number of nitrogens with one attached hydrogen (secondary N) is 1. The van der Waals surface area contributed by atoms with E-state index in [0.717, 1.165) is 4.88 Å². The van der Waals surface area contributed by atoms with Gasteiger partial charge >= 0.3 is 5.97 Å². The van der Waals surface area contributed by atoms with Gasteiger partial charge in [-0.2, -0.15) is 0 Å². The van der Waals surface area contributed by atoms with E-state index < -0.39 is 28.6 Å². The van der Waals surface area contributed by atoms with Gasteiger partial charge in [-0.05, 0) is 31.2 Å². The van der Waals surface area contributed by atoms with Crippen LogP contribution in [-0.2, 0) is 30.9 Å². The highest BCUT2D eigenvalue weighted by molar-refractivity contribution is 7.90. The van der Waals surface area contributed by atoms with Crippen LogP contribution in [0, 0.1) is 0 Å². The van der Waals surface area contributed by atoms with Crippen molar-refractivity contribution in [1.29, 1.82) is 0 Å². The number of hydrogen-bond donors (Lipinski definition) is 1. The van der Waals surface area contributed by atoms with Gasteiger partial charge in [-0.1, -0.05) is 23.7 Å². The van der Waals surface area contributed by atoms with Crippen LogP contribution in [0.3, 0.4) is 0 Å². The molecular formula is C18H18ClN3O5S2. The molecule has 1 unspecified atom stereocenters. The Morgan fingerprint density at radius 1 is 1.28 bits per heavy atom. The van der Waals surface area contributed by atoms with Gasteiger partial charge in [0.2, 0.25) is 0 Å². The summed E-state index contributed by atoms with van der Waals surface area (Å²) < 4.78 is 32.2. The predicted molar refractivity (Wildman–Crippen MR) is 110 cm³/mol. The maximum atomic E-state index is 12.2. The van der Waals surface area contributed by atoms with Crippen LogP contribution in [-0.4, -0.2) is 50.7 Å². The van der Waals surface area contributed by atoms with Crippen molar-refractivity contribution in [2.24, 2.45) is 4.99 Å². The molecule has 3 rings (SSSR count). The number of nitrogens with zero attached hydrogens (tertiary/aromatic N) is 2. The molecular weight excluding hydrogens is 438 g/mol. The first-order chi connectivity index (χ1) is 13.7. The Bertz CT molecular complexity index is 1080. The number of carbonyl (C=O) groups excluding carboxylic acids is 2. The lowest BCUT2D eigenvalue weighted by Gasteiger charge is -2.16. The maximum Gasteiger partial charge on any atom is 0.331 e. The van der Waals surface area contributed by atoms with Crippen molar-refractivity contribution in [3.63, 3.8) is 0 Å². The number of aliphatic imine (C=N–C) groups is 1. The number of halogens is 1. The quantitative estimate of drug-likeness (QED) is 0.671. The smallest absolute Gasteiger partial charge is 0.331 e. The molecule has 0 saturated heterocycles. The largest absolute Gasteiger partial charge is 0.454 e. The molecule has 2 heterocycles. The lowest BCUT2D eigenvalue weighted by molar-refractivity contribution is -0.152. The summed E-state index contributed by atoms with van der Waals surface area (Å²) in [5, 5.41) is 0. The number of amidine groups is 1. The Hall–Kier alpha value is -2.43. The van der Waals surface area contributed by atoms with E-state index in [-0.39, 0.29) is 16.6 Å². The van der Waals surface area contributed by atoms with Crippen LogP contribution < -0.4 is 4.72 Å². The topological polar surface area (TPSA) is 105 Å². The van der Waals surface area contributed by atoms with E-state index in [0.29, 0.717) is 16.4 Å². The third-order valence-corrected chi connectivity index (χ3v) is 6.73. The third kappa shape index (κ3) is 4.95. The average molecular weight is 456 g/mol. The number of benzene rings is 1. The van der Waals surface area contributed by atoms with Gasteiger partial charge in [-0.25, -0.2) is 13.2 Å². The van der Waals surface area contributed by atoms with Crippen LogP contribution in [0.4, 0.5) is 0 Å². The van der Waals surface area contributed by atoms with Crippen molar-refractivity contribution >= 4 is 50.7 Å². The Kier molecular flexibility index (Phi) is 6.25. The number of likely N-dealkylation sites (N-methyl/N-ethyl adjacent to an activating group) is 1. The number of rotatable bonds is 6. The summed E-state index contributed by atoms with van der Waals surface area (Å²) in [6, 6.07) is 8.91. The summed E-state index contributed by atoms with van der Waals surface area (Å²) in [7, 11) is -2.10. The molecule has 8 nitrogen and oxygen atoms in total. The molecule has 0 saturated carbocycles. The maximum absolute atomic E-state index is 12.2. The van der Waals surface area contributed by atoms with E-state index in [1.54, 1.807) is 31.3 Å². The van der Waals surface area contributed by atoms with Crippen LogP contribution in [0.5, 0.6) is 0 Å². The van der Waals surface area contributed by atoms with Gasteiger partial charge in [0.1, 0.15) is 11.9 Å². The molecule has 11 heteroatoms. The van der Waals surface area contributed by atoms with Gasteiger partial charge in [-0.15, -0.1) is 11.3 Å². The Balaban J connectivity index is 1.58. The highest BCUT2D eigenvalue weighted by Gasteiger charge is 2.31. The van der Waals surface area contributed by atoms with Crippen molar-refractivity contribution in [2.75, 3.05) is 13.7 Å². The van der Waals surface area contributed by atoms with Crippen molar-refractivity contribution in [1.82, 2.24) is 9.62 Å². The normalized spacial score (nSPS) is 16.7. The second-order valence-electron chi connectivity index (χ2n) is 6.32. The van der Waals surface area contributed by atoms with E-state index in [1.165, 1.54) is 29.2 Å². The van der Waals surface area contributed by atoms with E-state index in [9.17, 15) is 18.0 Å². The van der Waals surface area contributed by atoms with Gasteiger partial charge in [0.15, 0.2) is 6.61 Å². The van der Waals surface area contributed by atoms with Crippen LogP contribution in [0.15, 0.2) is 46.3 Å². The minimum Gasteiger partial charge on any atom is -0.454 e. The van der Waals surface area contributed by atoms with Gasteiger partial charge < -0.3 is 9.64 Å². The van der Waals surface area contributed by atoms with Crippen LogP contribution in [0.1, 0.15) is 17.4 Å². The molecule has 0 spiro atoms. The van der Waals surface area contributed by atoms with E-state index in [2.05, 4.69) is 9.71 Å². The minimum absolute atomic E-state index is 0.0723. The van der Waals surface area contributed by atoms with Crippen LogP contribution >= 0.6 is 22.9 Å². The predicted octanol–water partition coefficient (Wildman–Crippen LogP) is 2.03. The molecule has 0 aliphatic carbocycles. The highest BCUT2D eigenvalue weighted by Crippen LogP contribution is 2.23. The molecule has 1 aromatic heterocycles. The number of thiophene rings is 1. The third-order valence-electron chi connectivity index (χ3n) is 4.11. The fourth-order valence-electron chi connectivity index (χ4n) is 2.60. The zero-order valence-corrected chi connectivity index (χ0v) is 18.0. The first-order valence-corrected chi connectivity index (χ1v) is 11.2. The van der Waals surface area contributed by atoms with Crippen molar-refractivity contribution < 1.29 is 22.7 Å². The number of esters is 1. The number of fused-ring (bicyclic) bond motifs is 1. The summed E-state index contributed by atoms with van der Waals surface area (Å²) in [5.41, 5.74) is 0.387. The molecule has 1 aliphatic rings. The van der Waals surface area contributed by atoms with E-state index in [1.807, 2.05) is 6.07 Å². The second-order valence-corrected chi connectivity index (χ2v) is 9.77. The van der Waals surface area contributed by atoms with E-state index >= 15 is 0 Å². The molecule has 29 heavy (non-hydrogen) atoms. The van der Waals surface area contributed by atoms with Crippen LogP contribution in [0.2, 0.25) is 4.34 Å². The van der Waals surface area contributed by atoms with Crippen molar-refractivity contribution in [3.8, 4) is 0 Å². The SMILES string of the molecule is CC(N=C1NS(=O)(=O)c2ccccc21)C(=O)OCC(=O)N(C)Cc1ccc(Cl)s1. The summed E-state index contributed by atoms with van der Waals surface area (Å²) in [6.07, 6.45) is 0. The molecule has 154 valence electrons. The Morgan fingerprint density at radius 3 is 2.69 bits per heavy atom. The summed E-state index contributed by atoms with van der Waals surface area (Å²) in [4.78, 5) is 30.9. The van der Waals surface area contributed by atoms with Gasteiger partial charge in [0.25, 0.3) is 15.9 Å². The van der Waals surface area contributed by atoms with Crippen molar-refractivity contribution in [2.45, 2.75) is 24.4 Å². The minimum atomic E-state index is -3.69. The highest BCUT2D eigenvalue weighted by atomic mass is 35.5. The number of hydrogen-bond acceptors (Lipinski definition) is 7. The summed E-state index contributed by atoms with van der Waals surface area (Å²) >= 11 is 7.24. The zero-order valence-electron chi connectivity index (χ0n) is 15.6. The zero-order chi connectivity index (χ0) is 21.2. The molecule has 1 atom stereocenters. The molecule has 2 aromatic rings. The molecule has 1 N–H and O–H groups in total. The monoisotopic (exact) mass is 455 g/mol. The number of carbonyl (C=O) groups is 2. The lowest BCUT2D eigenvalue weighted by Crippen LogP contribution is -2.32. The molecule has 0 bridgehead atoms. The lowest BCUT2D eigenvalue weighted by atomic mass is 10.2. The van der Waals surface area contributed by atoms with Gasteiger partial charge in [0.05, 0.1) is 15.8 Å². The second kappa shape index (κ2) is 8.52. The number of amides is 1. The molecule has 1 aromatic carbocycles. The molecule has 0 radical (unpaired) electrons. The fourth-order valence-corrected chi connectivity index (χ4v) is 4.98. The first-order valence-electron chi connectivity index (χ1n) is 8.52. The number of sulfonamides is 1. The summed E-state index contributed by atoms with van der Waals surface area (Å²) in [5.74, 6) is -1.04. The van der Waals surface area contributed by atoms with Gasteiger partial charge in [-0.3, -0.25) is 14.5 Å². The van der Waals surface area contributed by atoms with Crippen LogP contribution in [0.25, 0.3) is 0 Å². The Morgan fingerprint density at radius 2 is 2.00 bits per heavy atom. The summed E-state index contributed by atoms with van der Waals surface area (Å²) in [6.45, 7) is 1.38. The first kappa shape index (κ1) is 21.3. The van der Waals surface area contributed by atoms with Crippen molar-refractivity contribution in [3.05, 3.63) is 51.2 Å². The molecule has 1 aliphatic heterocycles. The van der Waals surface area contributed by atoms with E-state index in [4.69, 9.17) is 16.3 Å². The van der Waals surface area contributed by atoms with Gasteiger partial charge in [0, 0.05) is 17.5 Å². The Labute approximate surface area is 177 Å². The fraction of sp³-hybridized carbons (Fsp3) is 0.278. The number of ether oxygens (including phenoxy) is 1. The molecule has 1 amide bonds. The standard InChI is InChI=1S/C18H18ClN3O5S2/c1-11(20-17-13-5-3-4-6-14(13)29(25,26)21-17)18(24)27-10-16(23)22(2)9-12-7-8-15(19)28-12/h3-8,11H,9-10H2,1-2H3,(H,20,21). The average Bonchev–Trinajstić information content (AvgIpc) is 3.19.